The Hall–Kier alpha value is -1.80. The zero-order valence-electron chi connectivity index (χ0n) is 14.6. The van der Waals surface area contributed by atoms with Gasteiger partial charge in [-0.1, -0.05) is 17.7 Å². The third kappa shape index (κ3) is 4.88. The van der Waals surface area contributed by atoms with Crippen molar-refractivity contribution < 1.29 is 27.9 Å². The van der Waals surface area contributed by atoms with Crippen LogP contribution in [0.4, 0.5) is 18.9 Å². The molecule has 9 heteroatoms. The van der Waals surface area contributed by atoms with Crippen molar-refractivity contribution >= 4 is 30.0 Å². The number of carbonyl (C=O) groups excluding carboxylic acids is 1. The normalized spacial score (nSPS) is 21.8. The number of likely N-dealkylation sites (tertiary alicyclic amines) is 1. The maximum Gasteiger partial charge on any atom is 0.393 e. The molecule has 1 unspecified atom stereocenters. The smallest absolute Gasteiger partial charge is 0.393 e. The van der Waals surface area contributed by atoms with Gasteiger partial charge in [-0.25, -0.2) is 0 Å². The highest BCUT2D eigenvalue weighted by Crippen LogP contribution is 2.38. The van der Waals surface area contributed by atoms with Crippen LogP contribution in [0.25, 0.3) is 0 Å². The number of nitrogens with one attached hydrogen (secondary N) is 1. The Morgan fingerprint density at radius 3 is 2.35 bits per heavy atom. The first-order chi connectivity index (χ1) is 11.5. The molecule has 1 fully saturated rings. The maximum absolute atomic E-state index is 13.1. The predicted molar refractivity (Wildman–Crippen MR) is 93.5 cm³/mol. The van der Waals surface area contributed by atoms with Gasteiger partial charge in [0.25, 0.3) is 0 Å². The van der Waals surface area contributed by atoms with E-state index in [9.17, 15) is 22.8 Å². The second-order valence-electron chi connectivity index (χ2n) is 6.53. The lowest BCUT2D eigenvalue weighted by Gasteiger charge is -2.24. The minimum Gasteiger partial charge on any atom is -0.481 e. The van der Waals surface area contributed by atoms with Crippen molar-refractivity contribution in [3.8, 4) is 0 Å². The second kappa shape index (κ2) is 8.26. The van der Waals surface area contributed by atoms with Crippen LogP contribution in [0.15, 0.2) is 18.2 Å². The molecule has 1 heterocycles. The summed E-state index contributed by atoms with van der Waals surface area (Å²) in [4.78, 5) is 24.8. The van der Waals surface area contributed by atoms with E-state index in [4.69, 9.17) is 5.11 Å². The molecular weight excluding hydrogens is 373 g/mol. The summed E-state index contributed by atoms with van der Waals surface area (Å²) in [6.45, 7) is 4.41. The van der Waals surface area contributed by atoms with Gasteiger partial charge < -0.3 is 10.4 Å². The van der Waals surface area contributed by atoms with Crippen molar-refractivity contribution in [2.75, 3.05) is 18.4 Å². The molecule has 0 saturated carbocycles. The molecule has 0 bridgehead atoms. The molecule has 1 aromatic carbocycles. The van der Waals surface area contributed by atoms with Crippen LogP contribution in [-0.2, 0) is 9.59 Å². The van der Waals surface area contributed by atoms with Gasteiger partial charge in [0.2, 0.25) is 5.91 Å². The van der Waals surface area contributed by atoms with Crippen LogP contribution < -0.4 is 5.32 Å². The SMILES string of the molecule is Cc1ccc(NC(=O)C(C)N2C[C@@H](C(F)(F)F)[C@H](C(=O)O)C2)c(C)c1.Cl. The zero-order chi connectivity index (χ0) is 18.9. The molecule has 0 aromatic heterocycles. The molecular formula is C17H22ClF3N2O3. The lowest BCUT2D eigenvalue weighted by Crippen LogP contribution is -2.41. The lowest BCUT2D eigenvalue weighted by molar-refractivity contribution is -0.188. The van der Waals surface area contributed by atoms with Crippen LogP contribution in [0.3, 0.4) is 0 Å². The Balaban J connectivity index is 0.00000338. The van der Waals surface area contributed by atoms with Crippen molar-refractivity contribution in [2.24, 2.45) is 11.8 Å². The third-order valence-corrected chi connectivity index (χ3v) is 4.65. The van der Waals surface area contributed by atoms with Crippen molar-refractivity contribution in [3.05, 3.63) is 29.3 Å². The second-order valence-corrected chi connectivity index (χ2v) is 6.53. The lowest BCUT2D eigenvalue weighted by atomic mass is 9.96. The molecule has 1 aliphatic heterocycles. The minimum atomic E-state index is -4.61. The largest absolute Gasteiger partial charge is 0.481 e. The molecule has 1 amide bonds. The average Bonchev–Trinajstić information content (AvgIpc) is 2.94. The van der Waals surface area contributed by atoms with E-state index in [1.54, 1.807) is 6.07 Å². The molecule has 2 rings (SSSR count). The van der Waals surface area contributed by atoms with Crippen LogP contribution in [0.2, 0.25) is 0 Å². The minimum absolute atomic E-state index is 0. The van der Waals surface area contributed by atoms with E-state index in [2.05, 4.69) is 5.32 Å². The number of carboxylic acid groups (broad SMARTS) is 1. The third-order valence-electron chi connectivity index (χ3n) is 4.65. The number of alkyl halides is 3. The van der Waals surface area contributed by atoms with Gasteiger partial charge in [-0.15, -0.1) is 12.4 Å². The number of aryl methyl sites for hydroxylation is 2. The first-order valence-corrected chi connectivity index (χ1v) is 7.92. The highest BCUT2D eigenvalue weighted by molar-refractivity contribution is 5.95. The first-order valence-electron chi connectivity index (χ1n) is 7.92. The number of anilines is 1. The van der Waals surface area contributed by atoms with Gasteiger partial charge in [0.05, 0.1) is 17.9 Å². The average molecular weight is 395 g/mol. The standard InChI is InChI=1S/C17H21F3N2O3.ClH/c1-9-4-5-14(10(2)6-9)21-15(23)11(3)22-7-12(16(24)25)13(8-22)17(18,19)20;/h4-6,11-13H,7-8H2,1-3H3,(H,21,23)(H,24,25);1H/t11?,12-,13-;/m1./s1. The summed E-state index contributed by atoms with van der Waals surface area (Å²) in [6, 6.07) is 4.58. The molecule has 0 spiro atoms. The Kier molecular flexibility index (Phi) is 7.07. The van der Waals surface area contributed by atoms with Gasteiger partial charge in [-0.2, -0.15) is 13.2 Å². The number of carbonyl (C=O) groups is 2. The summed E-state index contributed by atoms with van der Waals surface area (Å²) in [6.07, 6.45) is -4.61. The summed E-state index contributed by atoms with van der Waals surface area (Å²) < 4.78 is 39.2. The van der Waals surface area contributed by atoms with E-state index in [0.29, 0.717) is 5.69 Å². The molecule has 0 aliphatic carbocycles. The van der Waals surface area contributed by atoms with Gasteiger partial charge in [-0.3, -0.25) is 14.5 Å². The summed E-state index contributed by atoms with van der Waals surface area (Å²) in [5.41, 5.74) is 2.46. The Bertz CT molecular complexity index is 682. The van der Waals surface area contributed by atoms with Crippen LogP contribution in [0.1, 0.15) is 18.1 Å². The molecule has 0 radical (unpaired) electrons. The highest BCUT2D eigenvalue weighted by atomic mass is 35.5. The number of halogens is 4. The first kappa shape index (κ1) is 22.2. The van der Waals surface area contributed by atoms with Gasteiger partial charge in [0.1, 0.15) is 0 Å². The number of amides is 1. The Morgan fingerprint density at radius 1 is 1.27 bits per heavy atom. The van der Waals surface area contributed by atoms with Gasteiger partial charge in [-0.05, 0) is 32.4 Å². The number of benzene rings is 1. The fourth-order valence-corrected chi connectivity index (χ4v) is 3.09. The molecule has 1 aromatic rings. The van der Waals surface area contributed by atoms with E-state index in [0.717, 1.165) is 11.1 Å². The van der Waals surface area contributed by atoms with Crippen molar-refractivity contribution in [2.45, 2.75) is 33.0 Å². The number of carboxylic acids is 1. The summed E-state index contributed by atoms with van der Waals surface area (Å²) in [5.74, 6) is -5.48. The predicted octanol–water partition coefficient (Wildman–Crippen LogP) is 3.25. The molecule has 5 nitrogen and oxygen atoms in total. The van der Waals surface area contributed by atoms with Gasteiger partial charge >= 0.3 is 12.1 Å². The number of hydrogen-bond acceptors (Lipinski definition) is 3. The van der Waals surface area contributed by atoms with Crippen LogP contribution in [-0.4, -0.2) is 47.2 Å². The molecule has 1 aliphatic rings. The van der Waals surface area contributed by atoms with E-state index >= 15 is 0 Å². The van der Waals surface area contributed by atoms with Gasteiger partial charge in [0.15, 0.2) is 0 Å². The Labute approximate surface area is 156 Å². The number of hydrogen-bond donors (Lipinski definition) is 2. The van der Waals surface area contributed by atoms with Gasteiger partial charge in [0, 0.05) is 18.8 Å². The quantitative estimate of drug-likeness (QED) is 0.822. The monoisotopic (exact) mass is 394 g/mol. The Morgan fingerprint density at radius 2 is 1.88 bits per heavy atom. The van der Waals surface area contributed by atoms with Crippen LogP contribution >= 0.6 is 12.4 Å². The molecule has 146 valence electrons. The van der Waals surface area contributed by atoms with E-state index in [-0.39, 0.29) is 19.0 Å². The summed E-state index contributed by atoms with van der Waals surface area (Å²) in [7, 11) is 0. The van der Waals surface area contributed by atoms with Crippen molar-refractivity contribution in [3.63, 3.8) is 0 Å². The maximum atomic E-state index is 13.1. The summed E-state index contributed by atoms with van der Waals surface area (Å²) >= 11 is 0. The topological polar surface area (TPSA) is 69.6 Å². The van der Waals surface area contributed by atoms with E-state index in [1.807, 2.05) is 26.0 Å². The fraction of sp³-hybridized carbons (Fsp3) is 0.529. The zero-order valence-corrected chi connectivity index (χ0v) is 15.4. The fourth-order valence-electron chi connectivity index (χ4n) is 3.09. The highest BCUT2D eigenvalue weighted by Gasteiger charge is 2.53. The number of aliphatic carboxylic acids is 1. The summed E-state index contributed by atoms with van der Waals surface area (Å²) in [5, 5.41) is 11.8. The van der Waals surface area contributed by atoms with Crippen LogP contribution in [0, 0.1) is 25.7 Å². The van der Waals surface area contributed by atoms with E-state index < -0.39 is 42.5 Å². The molecule has 2 N–H and O–H groups in total. The van der Waals surface area contributed by atoms with Crippen molar-refractivity contribution in [1.29, 1.82) is 0 Å². The molecule has 1 saturated heterocycles. The van der Waals surface area contributed by atoms with E-state index in [1.165, 1.54) is 11.8 Å². The van der Waals surface area contributed by atoms with Crippen LogP contribution in [0.5, 0.6) is 0 Å². The number of nitrogens with zero attached hydrogens (tertiary/aromatic N) is 1. The van der Waals surface area contributed by atoms with Crippen molar-refractivity contribution in [1.82, 2.24) is 4.90 Å². The molecule has 26 heavy (non-hydrogen) atoms. The molecule has 3 atom stereocenters. The number of rotatable bonds is 4.